The quantitative estimate of drug-likeness (QED) is 0.138. The Morgan fingerprint density at radius 1 is 0.265 bits per heavy atom. The van der Waals surface area contributed by atoms with Crippen LogP contribution in [0.3, 0.4) is 0 Å². The number of hydrogen-bond acceptors (Lipinski definition) is 1. The van der Waals surface area contributed by atoms with E-state index in [1.165, 1.54) is 93.1 Å². The Morgan fingerprint density at radius 2 is 0.809 bits per heavy atom. The van der Waals surface area contributed by atoms with Crippen molar-refractivity contribution in [1.29, 1.82) is 0 Å². The standard InChI is InChI=1S/C66H44N2/c1-3-16-46(17-4-1)56-27-13-19-49-20-14-29-61(66(49)56)59-24-9-11-30-63(59)67(53-40-34-48(35-41-53)55-26-15-28-57-54-23-8-7-18-47(54)36-42-58(55)57)52-38-32-45(33-39-52)50-37-43-65-62(44-50)60-25-10-12-31-64(60)68(65)51-21-5-2-6-22-51/h1-44H. The molecule has 0 atom stereocenters. The molecule has 1 aromatic heterocycles. The Bertz CT molecular complexity index is 3990. The van der Waals surface area contributed by atoms with Gasteiger partial charge in [-0.15, -0.1) is 0 Å². The predicted octanol–water partition coefficient (Wildman–Crippen LogP) is 18.4. The molecule has 2 nitrogen and oxygen atoms in total. The van der Waals surface area contributed by atoms with Gasteiger partial charge in [-0.1, -0.05) is 206 Å². The minimum absolute atomic E-state index is 1.08. The number of benzene rings is 12. The molecule has 0 saturated carbocycles. The van der Waals surface area contributed by atoms with Crippen LogP contribution in [0.15, 0.2) is 267 Å². The summed E-state index contributed by atoms with van der Waals surface area (Å²) in [5.74, 6) is 0. The number of rotatable bonds is 8. The highest BCUT2D eigenvalue weighted by Gasteiger charge is 2.21. The van der Waals surface area contributed by atoms with Crippen LogP contribution in [0.25, 0.3) is 104 Å². The lowest BCUT2D eigenvalue weighted by atomic mass is 9.90. The van der Waals surface area contributed by atoms with Crippen LogP contribution in [-0.4, -0.2) is 4.57 Å². The number of fused-ring (bicyclic) bond motifs is 7. The maximum atomic E-state index is 2.43. The monoisotopic (exact) mass is 864 g/mol. The van der Waals surface area contributed by atoms with Gasteiger partial charge in [-0.05, 0) is 132 Å². The molecule has 0 radical (unpaired) electrons. The van der Waals surface area contributed by atoms with Crippen LogP contribution in [0.4, 0.5) is 17.1 Å². The van der Waals surface area contributed by atoms with Crippen molar-refractivity contribution in [3.63, 3.8) is 0 Å². The zero-order valence-corrected chi connectivity index (χ0v) is 37.3. The molecular formula is C66H44N2. The molecule has 1 heterocycles. The van der Waals surface area contributed by atoms with E-state index in [4.69, 9.17) is 0 Å². The maximum Gasteiger partial charge on any atom is 0.0541 e. The van der Waals surface area contributed by atoms with Gasteiger partial charge in [-0.3, -0.25) is 0 Å². The van der Waals surface area contributed by atoms with E-state index in [-0.39, 0.29) is 0 Å². The third-order valence-corrected chi connectivity index (χ3v) is 13.8. The Labute approximate surface area is 395 Å². The summed E-state index contributed by atoms with van der Waals surface area (Å²) in [6.07, 6.45) is 0. The van der Waals surface area contributed by atoms with E-state index in [2.05, 4.69) is 276 Å². The zero-order chi connectivity index (χ0) is 45.0. The predicted molar refractivity (Wildman–Crippen MR) is 290 cm³/mol. The molecule has 0 unspecified atom stereocenters. The van der Waals surface area contributed by atoms with Crippen molar-refractivity contribution in [2.45, 2.75) is 0 Å². The highest BCUT2D eigenvalue weighted by atomic mass is 15.1. The van der Waals surface area contributed by atoms with Crippen molar-refractivity contribution in [3.8, 4) is 50.2 Å². The Hall–Kier alpha value is -8.98. The fourth-order valence-electron chi connectivity index (χ4n) is 10.6. The SMILES string of the molecule is c1ccc(-c2cccc3cccc(-c4ccccc4N(c4ccc(-c5ccc6c(c5)c5ccccc5n6-c5ccccc5)cc4)c4ccc(-c5cccc6c5ccc5ccccc56)cc4)c23)cc1. The van der Waals surface area contributed by atoms with Crippen LogP contribution in [-0.2, 0) is 0 Å². The third-order valence-electron chi connectivity index (χ3n) is 13.8. The molecule has 12 aromatic carbocycles. The fraction of sp³-hybridized carbons (Fsp3) is 0. The minimum atomic E-state index is 1.08. The van der Waals surface area contributed by atoms with Gasteiger partial charge >= 0.3 is 0 Å². The second kappa shape index (κ2) is 16.5. The normalized spacial score (nSPS) is 11.5. The number of nitrogens with zero attached hydrogens (tertiary/aromatic N) is 2. The van der Waals surface area contributed by atoms with Gasteiger partial charge in [-0.2, -0.15) is 0 Å². The van der Waals surface area contributed by atoms with Crippen molar-refractivity contribution in [3.05, 3.63) is 267 Å². The summed E-state index contributed by atoms with van der Waals surface area (Å²) in [6.45, 7) is 0. The highest BCUT2D eigenvalue weighted by molar-refractivity contribution is 6.13. The van der Waals surface area contributed by atoms with Gasteiger partial charge in [0.2, 0.25) is 0 Å². The second-order valence-corrected chi connectivity index (χ2v) is 17.6. The van der Waals surface area contributed by atoms with E-state index in [1.807, 2.05) is 0 Å². The Kier molecular flexibility index (Phi) is 9.54. The van der Waals surface area contributed by atoms with E-state index < -0.39 is 0 Å². The average Bonchev–Trinajstić information content (AvgIpc) is 3.75. The summed E-state index contributed by atoms with van der Waals surface area (Å²) in [7, 11) is 0. The summed E-state index contributed by atoms with van der Waals surface area (Å²) in [5.41, 5.74) is 16.4. The summed E-state index contributed by atoms with van der Waals surface area (Å²) < 4.78 is 2.37. The van der Waals surface area contributed by atoms with E-state index >= 15 is 0 Å². The molecule has 0 amide bonds. The van der Waals surface area contributed by atoms with Crippen molar-refractivity contribution in [2.24, 2.45) is 0 Å². The molecule has 0 aliphatic rings. The molecule has 0 aliphatic carbocycles. The molecule has 68 heavy (non-hydrogen) atoms. The van der Waals surface area contributed by atoms with Crippen LogP contribution in [0.5, 0.6) is 0 Å². The Balaban J connectivity index is 0.959. The minimum Gasteiger partial charge on any atom is -0.310 e. The molecule has 0 aliphatic heterocycles. The van der Waals surface area contributed by atoms with Crippen molar-refractivity contribution in [1.82, 2.24) is 4.57 Å². The van der Waals surface area contributed by atoms with E-state index in [0.29, 0.717) is 0 Å². The lowest BCUT2D eigenvalue weighted by Gasteiger charge is -2.29. The average molecular weight is 865 g/mol. The summed E-state index contributed by atoms with van der Waals surface area (Å²) in [5, 5.41) is 10.00. The van der Waals surface area contributed by atoms with Crippen LogP contribution >= 0.6 is 0 Å². The van der Waals surface area contributed by atoms with Gasteiger partial charge in [0.25, 0.3) is 0 Å². The number of para-hydroxylation sites is 3. The first kappa shape index (κ1) is 39.4. The van der Waals surface area contributed by atoms with Gasteiger partial charge in [0, 0.05) is 33.4 Å². The maximum absolute atomic E-state index is 2.43. The molecule has 0 fully saturated rings. The fourth-order valence-corrected chi connectivity index (χ4v) is 10.6. The largest absolute Gasteiger partial charge is 0.310 e. The topological polar surface area (TPSA) is 8.17 Å². The third kappa shape index (κ3) is 6.65. The molecule has 0 spiro atoms. The van der Waals surface area contributed by atoms with Crippen LogP contribution < -0.4 is 4.90 Å². The van der Waals surface area contributed by atoms with Crippen molar-refractivity contribution in [2.75, 3.05) is 4.90 Å². The molecule has 13 aromatic rings. The number of hydrogen-bond donors (Lipinski definition) is 0. The Morgan fingerprint density at radius 3 is 1.60 bits per heavy atom. The highest BCUT2D eigenvalue weighted by Crippen LogP contribution is 2.46. The van der Waals surface area contributed by atoms with Gasteiger partial charge < -0.3 is 9.47 Å². The van der Waals surface area contributed by atoms with Gasteiger partial charge in [-0.25, -0.2) is 0 Å². The van der Waals surface area contributed by atoms with Crippen molar-refractivity contribution < 1.29 is 0 Å². The second-order valence-electron chi connectivity index (χ2n) is 17.6. The molecule has 0 N–H and O–H groups in total. The van der Waals surface area contributed by atoms with Crippen LogP contribution in [0.1, 0.15) is 0 Å². The van der Waals surface area contributed by atoms with E-state index in [9.17, 15) is 0 Å². The molecule has 0 bridgehead atoms. The molecule has 2 heteroatoms. The molecule has 318 valence electrons. The van der Waals surface area contributed by atoms with Gasteiger partial charge in [0.15, 0.2) is 0 Å². The first-order valence-electron chi connectivity index (χ1n) is 23.4. The van der Waals surface area contributed by atoms with Gasteiger partial charge in [0.05, 0.1) is 16.7 Å². The first-order chi connectivity index (χ1) is 33.7. The molecular weight excluding hydrogens is 821 g/mol. The molecule has 13 rings (SSSR count). The zero-order valence-electron chi connectivity index (χ0n) is 37.3. The number of anilines is 3. The summed E-state index contributed by atoms with van der Waals surface area (Å²) >= 11 is 0. The summed E-state index contributed by atoms with van der Waals surface area (Å²) in [4.78, 5) is 2.43. The van der Waals surface area contributed by atoms with Gasteiger partial charge in [0.1, 0.15) is 0 Å². The van der Waals surface area contributed by atoms with Crippen LogP contribution in [0.2, 0.25) is 0 Å². The summed E-state index contributed by atoms with van der Waals surface area (Å²) in [6, 6.07) is 97.5. The van der Waals surface area contributed by atoms with E-state index in [0.717, 1.165) is 28.3 Å². The number of aromatic nitrogens is 1. The van der Waals surface area contributed by atoms with Crippen LogP contribution in [0, 0.1) is 0 Å². The molecule has 0 saturated heterocycles. The van der Waals surface area contributed by atoms with E-state index in [1.54, 1.807) is 0 Å². The lowest BCUT2D eigenvalue weighted by molar-refractivity contribution is 1.18. The smallest absolute Gasteiger partial charge is 0.0541 e. The van der Waals surface area contributed by atoms with Crippen molar-refractivity contribution >= 4 is 71.2 Å². The lowest BCUT2D eigenvalue weighted by Crippen LogP contribution is -2.11. The first-order valence-corrected chi connectivity index (χ1v) is 23.4.